The Hall–Kier alpha value is -3.48. The number of likely N-dealkylation sites (tertiary alicyclic amines) is 2. The zero-order chi connectivity index (χ0) is 29.8. The topological polar surface area (TPSA) is 112 Å². The van der Waals surface area contributed by atoms with Crippen LogP contribution < -0.4 is 4.74 Å². The third kappa shape index (κ3) is 5.55. The Morgan fingerprint density at radius 3 is 2.37 bits per heavy atom. The molecule has 5 rings (SSSR count). The van der Waals surface area contributed by atoms with E-state index < -0.39 is 28.9 Å². The van der Waals surface area contributed by atoms with Crippen LogP contribution in [0.5, 0.6) is 5.75 Å². The first-order valence-electron chi connectivity index (χ1n) is 13.3. The lowest BCUT2D eigenvalue weighted by atomic mass is 9.62. The Kier molecular flexibility index (Phi) is 7.16. The SMILES string of the molecule is CN1CC(C)([C@](O)(c2ccc(OC(F)(F)F)cc2)c2cccc(-c3nc(C(=O)N4CC[C@H](C(C)(C)O)C4)no3)c2)C1. The van der Waals surface area contributed by atoms with E-state index in [1.54, 1.807) is 43.0 Å². The standard InChI is InChI=1S/C29H33F3N4O5/c1-26(2,38)21-12-13-36(15-21)25(37)23-33-24(41-34-23)18-6-5-7-20(14-18)28(39,27(3)16-35(4)17-27)19-8-10-22(11-9-19)40-29(30,31)32/h5-11,14,21,38-39H,12-13,15-17H2,1-4H3/t21-,28-/m0/s1. The molecule has 9 nitrogen and oxygen atoms in total. The van der Waals surface area contributed by atoms with Gasteiger partial charge in [-0.25, -0.2) is 0 Å². The second-order valence-electron chi connectivity index (χ2n) is 11.9. The number of carbonyl (C=O) groups excluding carboxylic acids is 1. The Bertz CT molecular complexity index is 1410. The summed E-state index contributed by atoms with van der Waals surface area (Å²) in [6, 6.07) is 12.1. The minimum Gasteiger partial charge on any atom is -0.406 e. The van der Waals surface area contributed by atoms with Crippen LogP contribution in [-0.2, 0) is 5.60 Å². The first-order chi connectivity index (χ1) is 19.1. The van der Waals surface area contributed by atoms with Crippen LogP contribution in [0.4, 0.5) is 13.2 Å². The average molecular weight is 575 g/mol. The molecule has 0 bridgehead atoms. The van der Waals surface area contributed by atoms with Gasteiger partial charge < -0.3 is 29.3 Å². The number of alkyl halides is 3. The second kappa shape index (κ2) is 10.1. The summed E-state index contributed by atoms with van der Waals surface area (Å²) in [7, 11) is 1.92. The van der Waals surface area contributed by atoms with Crippen molar-refractivity contribution >= 4 is 5.91 Å². The largest absolute Gasteiger partial charge is 0.573 e. The summed E-state index contributed by atoms with van der Waals surface area (Å²) >= 11 is 0. The summed E-state index contributed by atoms with van der Waals surface area (Å²) in [6.07, 6.45) is -4.16. The number of carbonyl (C=O) groups is 1. The average Bonchev–Trinajstić information content (AvgIpc) is 3.57. The van der Waals surface area contributed by atoms with Gasteiger partial charge in [0, 0.05) is 43.1 Å². The Morgan fingerprint density at radius 1 is 1.10 bits per heavy atom. The third-order valence-corrected chi connectivity index (χ3v) is 8.24. The summed E-state index contributed by atoms with van der Waals surface area (Å²) in [6.45, 7) is 7.29. The fraction of sp³-hybridized carbons (Fsp3) is 0.483. The highest BCUT2D eigenvalue weighted by atomic mass is 19.4. The zero-order valence-corrected chi connectivity index (χ0v) is 23.3. The van der Waals surface area contributed by atoms with Crippen LogP contribution in [0, 0.1) is 11.3 Å². The van der Waals surface area contributed by atoms with E-state index in [2.05, 4.69) is 14.9 Å². The molecule has 0 aliphatic carbocycles. The summed E-state index contributed by atoms with van der Waals surface area (Å²) in [5, 5.41) is 26.5. The molecule has 41 heavy (non-hydrogen) atoms. The number of rotatable bonds is 7. The molecule has 0 unspecified atom stereocenters. The fourth-order valence-corrected chi connectivity index (χ4v) is 6.10. The highest BCUT2D eigenvalue weighted by Gasteiger charge is 2.55. The van der Waals surface area contributed by atoms with Gasteiger partial charge in [0.2, 0.25) is 0 Å². The van der Waals surface area contributed by atoms with E-state index in [1.807, 2.05) is 18.9 Å². The molecule has 2 saturated heterocycles. The van der Waals surface area contributed by atoms with E-state index in [0.717, 1.165) is 0 Å². The molecule has 2 aliphatic heterocycles. The monoisotopic (exact) mass is 574 g/mol. The van der Waals surface area contributed by atoms with E-state index in [1.165, 1.54) is 24.3 Å². The van der Waals surface area contributed by atoms with Gasteiger partial charge in [0.25, 0.3) is 17.6 Å². The summed E-state index contributed by atoms with van der Waals surface area (Å²) in [5.41, 5.74) is -1.82. The second-order valence-corrected chi connectivity index (χ2v) is 11.9. The molecule has 2 aliphatic rings. The normalized spacial score (nSPS) is 20.9. The number of aromatic nitrogens is 2. The molecule has 2 atom stereocenters. The van der Waals surface area contributed by atoms with E-state index >= 15 is 0 Å². The van der Waals surface area contributed by atoms with Crippen LogP contribution in [0.3, 0.4) is 0 Å². The van der Waals surface area contributed by atoms with Crippen LogP contribution in [0.25, 0.3) is 11.5 Å². The van der Waals surface area contributed by atoms with Crippen molar-refractivity contribution in [2.45, 2.75) is 44.8 Å². The molecule has 0 saturated carbocycles. The molecular weight excluding hydrogens is 541 g/mol. The minimum absolute atomic E-state index is 0.0619. The molecule has 2 N–H and O–H groups in total. The number of benzene rings is 2. The first-order valence-corrected chi connectivity index (χ1v) is 13.3. The van der Waals surface area contributed by atoms with Gasteiger partial charge in [0.05, 0.1) is 5.60 Å². The number of nitrogens with zero attached hydrogens (tertiary/aromatic N) is 4. The quantitative estimate of drug-likeness (QED) is 0.435. The van der Waals surface area contributed by atoms with Gasteiger partial charge >= 0.3 is 6.36 Å². The number of amides is 1. The summed E-state index contributed by atoms with van der Waals surface area (Å²) in [5.74, 6) is -0.868. The van der Waals surface area contributed by atoms with Gasteiger partial charge in [0.15, 0.2) is 0 Å². The molecule has 1 aromatic heterocycles. The molecule has 3 aromatic rings. The molecule has 3 heterocycles. The Morgan fingerprint density at radius 2 is 1.78 bits per heavy atom. The van der Waals surface area contributed by atoms with Crippen molar-refractivity contribution in [1.82, 2.24) is 19.9 Å². The van der Waals surface area contributed by atoms with Crippen molar-refractivity contribution < 1.29 is 37.4 Å². The van der Waals surface area contributed by atoms with E-state index in [-0.39, 0.29) is 23.4 Å². The van der Waals surface area contributed by atoms with Crippen molar-refractivity contribution in [3.8, 4) is 17.2 Å². The van der Waals surface area contributed by atoms with Gasteiger partial charge in [-0.2, -0.15) is 4.98 Å². The smallest absolute Gasteiger partial charge is 0.406 e. The maximum atomic E-state index is 13.0. The maximum absolute atomic E-state index is 13.0. The van der Waals surface area contributed by atoms with E-state index in [4.69, 9.17) is 4.52 Å². The van der Waals surface area contributed by atoms with Crippen LogP contribution in [-0.4, -0.2) is 81.3 Å². The predicted molar refractivity (Wildman–Crippen MR) is 142 cm³/mol. The van der Waals surface area contributed by atoms with Crippen molar-refractivity contribution in [1.29, 1.82) is 0 Å². The third-order valence-electron chi connectivity index (χ3n) is 8.24. The number of ether oxygens (including phenoxy) is 1. The van der Waals surface area contributed by atoms with Crippen LogP contribution in [0.2, 0.25) is 0 Å². The van der Waals surface area contributed by atoms with Crippen molar-refractivity contribution in [2.24, 2.45) is 11.3 Å². The minimum atomic E-state index is -4.83. The predicted octanol–water partition coefficient (Wildman–Crippen LogP) is 4.06. The lowest BCUT2D eigenvalue weighted by Crippen LogP contribution is -2.63. The molecule has 12 heteroatoms. The first kappa shape index (κ1) is 29.0. The van der Waals surface area contributed by atoms with Gasteiger partial charge in [-0.3, -0.25) is 4.79 Å². The van der Waals surface area contributed by atoms with Gasteiger partial charge in [-0.15, -0.1) is 13.2 Å². The fourth-order valence-electron chi connectivity index (χ4n) is 6.10. The zero-order valence-electron chi connectivity index (χ0n) is 23.3. The Labute approximate surface area is 235 Å². The van der Waals surface area contributed by atoms with Crippen molar-refractivity contribution in [3.63, 3.8) is 0 Å². The summed E-state index contributed by atoms with van der Waals surface area (Å²) < 4.78 is 47.6. The molecule has 0 radical (unpaired) electrons. The van der Waals surface area contributed by atoms with Gasteiger partial charge in [0.1, 0.15) is 11.4 Å². The van der Waals surface area contributed by atoms with Crippen molar-refractivity contribution in [3.05, 3.63) is 65.5 Å². The lowest BCUT2D eigenvalue weighted by Gasteiger charge is -2.56. The van der Waals surface area contributed by atoms with Gasteiger partial charge in [-0.1, -0.05) is 36.3 Å². The highest BCUT2D eigenvalue weighted by Crippen LogP contribution is 2.50. The highest BCUT2D eigenvalue weighted by molar-refractivity contribution is 5.91. The number of hydrogen-bond donors (Lipinski definition) is 2. The molecular formula is C29H33F3N4O5. The molecule has 0 spiro atoms. The lowest BCUT2D eigenvalue weighted by molar-refractivity contribution is -0.274. The molecule has 220 valence electrons. The van der Waals surface area contributed by atoms with Gasteiger partial charge in [-0.05, 0) is 62.7 Å². The number of halogens is 3. The Balaban J connectivity index is 1.44. The van der Waals surface area contributed by atoms with Crippen LogP contribution in [0.1, 0.15) is 48.9 Å². The molecule has 2 fully saturated rings. The number of aliphatic hydroxyl groups is 2. The van der Waals surface area contributed by atoms with Crippen LogP contribution in [0.15, 0.2) is 53.1 Å². The molecule has 2 aromatic carbocycles. The van der Waals surface area contributed by atoms with Crippen molar-refractivity contribution in [2.75, 3.05) is 33.2 Å². The van der Waals surface area contributed by atoms with Crippen LogP contribution >= 0.6 is 0 Å². The number of hydrogen-bond acceptors (Lipinski definition) is 8. The maximum Gasteiger partial charge on any atom is 0.573 e. The van der Waals surface area contributed by atoms with E-state index in [9.17, 15) is 28.2 Å². The molecule has 1 amide bonds. The summed E-state index contributed by atoms with van der Waals surface area (Å²) in [4.78, 5) is 21.0. The van der Waals surface area contributed by atoms with E-state index in [0.29, 0.717) is 49.3 Å².